The number of tetrazole rings is 1. The summed E-state index contributed by atoms with van der Waals surface area (Å²) in [4.78, 5) is 35.0. The molecular formula is C15H14F3N5O5. The minimum absolute atomic E-state index is 0.147. The number of hydrogen-bond acceptors (Lipinski definition) is 7. The van der Waals surface area contributed by atoms with Gasteiger partial charge in [-0.1, -0.05) is 30.3 Å². The lowest BCUT2D eigenvalue weighted by Gasteiger charge is -2.16. The highest BCUT2D eigenvalue weighted by Crippen LogP contribution is 2.26. The van der Waals surface area contributed by atoms with Crippen molar-refractivity contribution in [3.05, 3.63) is 41.7 Å². The number of ketones is 1. The Kier molecular flexibility index (Phi) is 6.63. The van der Waals surface area contributed by atoms with Gasteiger partial charge in [-0.2, -0.15) is 13.2 Å². The summed E-state index contributed by atoms with van der Waals surface area (Å²) < 4.78 is 43.3. The van der Waals surface area contributed by atoms with Gasteiger partial charge in [0.15, 0.2) is 5.78 Å². The topological polar surface area (TPSA) is 136 Å². The fourth-order valence-electron chi connectivity index (χ4n) is 2.10. The van der Waals surface area contributed by atoms with Gasteiger partial charge in [0.1, 0.15) is 19.2 Å². The lowest BCUT2D eigenvalue weighted by Crippen LogP contribution is -2.44. The largest absolute Gasteiger partial charge is 0.481 e. The van der Waals surface area contributed by atoms with Crippen LogP contribution < -0.4 is 5.32 Å². The van der Waals surface area contributed by atoms with Gasteiger partial charge in [0.25, 0.3) is 5.82 Å². The molecule has 10 nitrogen and oxygen atoms in total. The first-order valence-electron chi connectivity index (χ1n) is 7.72. The van der Waals surface area contributed by atoms with Crippen LogP contribution in [-0.4, -0.2) is 49.2 Å². The van der Waals surface area contributed by atoms with E-state index in [0.29, 0.717) is 5.56 Å². The van der Waals surface area contributed by atoms with E-state index in [9.17, 15) is 27.6 Å². The number of hydrogen-bond donors (Lipinski definition) is 2. The Morgan fingerprint density at radius 3 is 2.50 bits per heavy atom. The number of ether oxygens (including phenoxy) is 1. The van der Waals surface area contributed by atoms with Crippen LogP contribution in [0.5, 0.6) is 0 Å². The van der Waals surface area contributed by atoms with Crippen molar-refractivity contribution in [2.24, 2.45) is 0 Å². The molecule has 0 fully saturated rings. The summed E-state index contributed by atoms with van der Waals surface area (Å²) in [6.45, 7) is -1.13. The van der Waals surface area contributed by atoms with E-state index in [0.717, 1.165) is 0 Å². The maximum atomic E-state index is 12.8. The number of amides is 1. The Hall–Kier alpha value is -3.51. The first-order valence-corrected chi connectivity index (χ1v) is 7.72. The standard InChI is InChI=1S/C15H14F3N5O5/c16-15(17,18)13-20-21-22-23(13)7-11(24)10(6-12(25)26)19-14(27)28-8-9-4-2-1-3-5-9/h1-5,10H,6-8H2,(H,19,27)(H,25,26). The zero-order valence-corrected chi connectivity index (χ0v) is 14.1. The second-order valence-electron chi connectivity index (χ2n) is 5.48. The van der Waals surface area contributed by atoms with Crippen LogP contribution in [0.3, 0.4) is 0 Å². The number of aromatic nitrogens is 4. The molecule has 0 radical (unpaired) electrons. The molecule has 13 heteroatoms. The van der Waals surface area contributed by atoms with Gasteiger partial charge >= 0.3 is 18.2 Å². The number of Topliss-reactive ketones (excluding diaryl/α,β-unsaturated/α-hetero) is 1. The molecule has 1 amide bonds. The Bertz CT molecular complexity index is 840. The minimum Gasteiger partial charge on any atom is -0.481 e. The van der Waals surface area contributed by atoms with Crippen LogP contribution in [0.15, 0.2) is 30.3 Å². The van der Waals surface area contributed by atoms with E-state index in [1.807, 2.05) is 5.32 Å². The average Bonchev–Trinajstić information content (AvgIpc) is 3.08. The van der Waals surface area contributed by atoms with Crippen molar-refractivity contribution in [1.29, 1.82) is 0 Å². The zero-order valence-electron chi connectivity index (χ0n) is 14.1. The van der Waals surface area contributed by atoms with E-state index >= 15 is 0 Å². The Morgan fingerprint density at radius 1 is 1.21 bits per heavy atom. The molecule has 1 unspecified atom stereocenters. The van der Waals surface area contributed by atoms with E-state index in [-0.39, 0.29) is 11.3 Å². The van der Waals surface area contributed by atoms with Crippen LogP contribution in [0.1, 0.15) is 17.8 Å². The molecule has 0 aliphatic carbocycles. The van der Waals surface area contributed by atoms with Gasteiger partial charge in [0.05, 0.1) is 6.42 Å². The molecule has 2 rings (SSSR count). The lowest BCUT2D eigenvalue weighted by atomic mass is 10.1. The molecule has 1 aromatic carbocycles. The summed E-state index contributed by atoms with van der Waals surface area (Å²) >= 11 is 0. The second kappa shape index (κ2) is 8.92. The second-order valence-corrected chi connectivity index (χ2v) is 5.48. The number of nitrogens with zero attached hydrogens (tertiary/aromatic N) is 4. The van der Waals surface area contributed by atoms with Gasteiger partial charge in [-0.05, 0) is 16.0 Å². The normalized spacial score (nSPS) is 12.2. The molecule has 1 heterocycles. The molecule has 0 spiro atoms. The predicted molar refractivity (Wildman–Crippen MR) is 83.6 cm³/mol. The number of nitrogens with one attached hydrogen (secondary N) is 1. The summed E-state index contributed by atoms with van der Waals surface area (Å²) in [5.74, 6) is -4.02. The number of benzene rings is 1. The van der Waals surface area contributed by atoms with Gasteiger partial charge in [-0.3, -0.25) is 9.59 Å². The van der Waals surface area contributed by atoms with Gasteiger partial charge in [-0.15, -0.1) is 5.10 Å². The maximum Gasteiger partial charge on any atom is 0.453 e. The molecule has 1 aromatic heterocycles. The third-order valence-electron chi connectivity index (χ3n) is 3.36. The molecule has 28 heavy (non-hydrogen) atoms. The quantitative estimate of drug-likeness (QED) is 0.669. The van der Waals surface area contributed by atoms with Crippen molar-refractivity contribution in [2.45, 2.75) is 31.8 Å². The number of carbonyl (C=O) groups is 3. The number of alkyl halides is 3. The van der Waals surface area contributed by atoms with E-state index < -0.39 is 48.9 Å². The van der Waals surface area contributed by atoms with Crippen molar-refractivity contribution in [1.82, 2.24) is 25.5 Å². The summed E-state index contributed by atoms with van der Waals surface area (Å²) in [6, 6.07) is 6.87. The van der Waals surface area contributed by atoms with Crippen LogP contribution in [0, 0.1) is 0 Å². The highest BCUT2D eigenvalue weighted by molar-refractivity contribution is 5.90. The van der Waals surface area contributed by atoms with Crippen LogP contribution in [0.4, 0.5) is 18.0 Å². The lowest BCUT2D eigenvalue weighted by molar-refractivity contribution is -0.149. The zero-order chi connectivity index (χ0) is 20.7. The van der Waals surface area contributed by atoms with Gasteiger partial charge in [0, 0.05) is 0 Å². The number of alkyl carbamates (subject to hydrolysis) is 1. The highest BCUT2D eigenvalue weighted by atomic mass is 19.4. The third-order valence-corrected chi connectivity index (χ3v) is 3.36. The van der Waals surface area contributed by atoms with Crippen molar-refractivity contribution in [3.8, 4) is 0 Å². The van der Waals surface area contributed by atoms with Crippen LogP contribution >= 0.6 is 0 Å². The number of carboxylic acids is 1. The van der Waals surface area contributed by atoms with Crippen molar-refractivity contribution in [2.75, 3.05) is 0 Å². The van der Waals surface area contributed by atoms with E-state index in [1.54, 1.807) is 30.3 Å². The Morgan fingerprint density at radius 2 is 1.89 bits per heavy atom. The Labute approximate surface area is 155 Å². The van der Waals surface area contributed by atoms with E-state index in [1.165, 1.54) is 0 Å². The fourth-order valence-corrected chi connectivity index (χ4v) is 2.10. The first kappa shape index (κ1) is 20.8. The number of halogens is 3. The number of rotatable bonds is 8. The van der Waals surface area contributed by atoms with Crippen LogP contribution in [-0.2, 0) is 33.7 Å². The van der Waals surface area contributed by atoms with Crippen molar-refractivity contribution >= 4 is 17.8 Å². The minimum atomic E-state index is -4.91. The van der Waals surface area contributed by atoms with E-state index in [2.05, 4.69) is 15.5 Å². The van der Waals surface area contributed by atoms with Crippen LogP contribution in [0.25, 0.3) is 0 Å². The average molecular weight is 401 g/mol. The molecule has 2 aromatic rings. The van der Waals surface area contributed by atoms with Crippen molar-refractivity contribution in [3.63, 3.8) is 0 Å². The molecular weight excluding hydrogens is 387 g/mol. The summed E-state index contributed by atoms with van der Waals surface area (Å²) in [5, 5.41) is 19.6. The molecule has 2 N–H and O–H groups in total. The molecule has 0 bridgehead atoms. The molecule has 1 atom stereocenters. The molecule has 0 saturated heterocycles. The van der Waals surface area contributed by atoms with E-state index in [4.69, 9.17) is 9.84 Å². The van der Waals surface area contributed by atoms with Gasteiger partial charge < -0.3 is 15.2 Å². The van der Waals surface area contributed by atoms with Crippen molar-refractivity contribution < 1.29 is 37.4 Å². The van der Waals surface area contributed by atoms with Gasteiger partial charge in [0.2, 0.25) is 0 Å². The summed E-state index contributed by atoms with van der Waals surface area (Å²) in [7, 11) is 0. The SMILES string of the molecule is O=C(O)CC(NC(=O)OCc1ccccc1)C(=O)Cn1nnnc1C(F)(F)F. The van der Waals surface area contributed by atoms with Gasteiger partial charge in [-0.25, -0.2) is 9.48 Å². The number of carbonyl (C=O) groups excluding carboxylic acids is 2. The number of carboxylic acid groups (broad SMARTS) is 1. The molecule has 150 valence electrons. The monoisotopic (exact) mass is 401 g/mol. The van der Waals surface area contributed by atoms with Crippen LogP contribution in [0.2, 0.25) is 0 Å². The fraction of sp³-hybridized carbons (Fsp3) is 0.333. The molecule has 0 aliphatic heterocycles. The predicted octanol–water partition coefficient (Wildman–Crippen LogP) is 1.03. The Balaban J connectivity index is 2.02. The maximum absolute atomic E-state index is 12.8. The third kappa shape index (κ3) is 6.03. The summed E-state index contributed by atoms with van der Waals surface area (Å²) in [6.07, 6.45) is -6.87. The molecule has 0 saturated carbocycles. The first-order chi connectivity index (χ1) is 13.2. The smallest absolute Gasteiger partial charge is 0.453 e. The highest BCUT2D eigenvalue weighted by Gasteiger charge is 2.39. The summed E-state index contributed by atoms with van der Waals surface area (Å²) in [5.41, 5.74) is 0.641. The molecule has 0 aliphatic rings. The number of aliphatic carboxylic acids is 1.